The molecule has 0 aliphatic carbocycles. The van der Waals surface area contributed by atoms with Crippen molar-refractivity contribution in [3.05, 3.63) is 60.0 Å². The van der Waals surface area contributed by atoms with E-state index in [9.17, 15) is 9.59 Å². The Labute approximate surface area is 120 Å². The lowest BCUT2D eigenvalue weighted by molar-refractivity contribution is 0.0993. The highest BCUT2D eigenvalue weighted by Gasteiger charge is 2.13. The van der Waals surface area contributed by atoms with Gasteiger partial charge in [0.2, 0.25) is 0 Å². The van der Waals surface area contributed by atoms with Crippen molar-refractivity contribution in [2.45, 2.75) is 6.92 Å². The van der Waals surface area contributed by atoms with E-state index < -0.39 is 0 Å². The minimum absolute atomic E-state index is 0.0564. The zero-order valence-electron chi connectivity index (χ0n) is 11.3. The molecule has 0 radical (unpaired) electrons. The van der Waals surface area contributed by atoms with Crippen LogP contribution in [0.15, 0.2) is 53.1 Å². The number of carbonyl (C=O) groups is 2. The highest BCUT2D eigenvalue weighted by atomic mass is 16.3. The average Bonchev–Trinajstić information content (AvgIpc) is 2.91. The van der Waals surface area contributed by atoms with Crippen molar-refractivity contribution in [2.75, 3.05) is 5.32 Å². The van der Waals surface area contributed by atoms with Gasteiger partial charge in [-0.05, 0) is 31.2 Å². The van der Waals surface area contributed by atoms with E-state index in [4.69, 9.17) is 4.42 Å². The summed E-state index contributed by atoms with van der Waals surface area (Å²) in [6, 6.07) is 11.8. The molecule has 2 heterocycles. The van der Waals surface area contributed by atoms with E-state index in [1.165, 1.54) is 6.92 Å². The zero-order chi connectivity index (χ0) is 14.8. The van der Waals surface area contributed by atoms with Gasteiger partial charge in [-0.15, -0.1) is 0 Å². The number of hydrogen-bond donors (Lipinski definition) is 1. The van der Waals surface area contributed by atoms with Crippen LogP contribution in [0.5, 0.6) is 0 Å². The highest BCUT2D eigenvalue weighted by molar-refractivity contribution is 6.05. The molecule has 0 fully saturated rings. The van der Waals surface area contributed by atoms with Crippen molar-refractivity contribution in [1.29, 1.82) is 0 Å². The number of ketones is 1. The molecule has 1 amide bonds. The fourth-order valence-electron chi connectivity index (χ4n) is 1.99. The lowest BCUT2D eigenvalue weighted by Gasteiger charge is -2.04. The van der Waals surface area contributed by atoms with E-state index in [1.807, 2.05) is 0 Å². The van der Waals surface area contributed by atoms with Gasteiger partial charge in [0.25, 0.3) is 5.91 Å². The summed E-state index contributed by atoms with van der Waals surface area (Å²) < 4.78 is 5.44. The minimum atomic E-state index is -0.381. The second-order valence-electron chi connectivity index (χ2n) is 4.59. The van der Waals surface area contributed by atoms with Crippen molar-refractivity contribution < 1.29 is 14.0 Å². The Hall–Kier alpha value is -2.95. The van der Waals surface area contributed by atoms with Crippen LogP contribution in [0.25, 0.3) is 11.1 Å². The van der Waals surface area contributed by atoms with E-state index >= 15 is 0 Å². The number of hydrogen-bond acceptors (Lipinski definition) is 4. The first kappa shape index (κ1) is 13.1. The molecule has 0 saturated heterocycles. The van der Waals surface area contributed by atoms with Crippen LogP contribution in [0, 0.1) is 0 Å². The Kier molecular flexibility index (Phi) is 3.23. The number of pyridine rings is 1. The number of anilines is 1. The maximum atomic E-state index is 12.1. The first-order chi connectivity index (χ1) is 10.1. The largest absolute Gasteiger partial charge is 0.449 e. The van der Waals surface area contributed by atoms with Crippen molar-refractivity contribution in [1.82, 2.24) is 4.98 Å². The van der Waals surface area contributed by atoms with Gasteiger partial charge in [-0.3, -0.25) is 14.6 Å². The van der Waals surface area contributed by atoms with E-state index in [0.29, 0.717) is 22.4 Å². The van der Waals surface area contributed by atoms with Gasteiger partial charge in [0.1, 0.15) is 5.52 Å². The molecule has 0 bridgehead atoms. The maximum Gasteiger partial charge on any atom is 0.291 e. The third-order valence-corrected chi connectivity index (χ3v) is 3.04. The summed E-state index contributed by atoms with van der Waals surface area (Å²) in [4.78, 5) is 27.6. The first-order valence-electron chi connectivity index (χ1n) is 6.40. The van der Waals surface area contributed by atoms with E-state index in [2.05, 4.69) is 10.3 Å². The van der Waals surface area contributed by atoms with Gasteiger partial charge in [-0.1, -0.05) is 12.1 Å². The average molecular weight is 280 g/mol. The SMILES string of the molecule is CC(=O)c1cccc(NC(=O)c2cc3ncccc3o2)c1. The maximum absolute atomic E-state index is 12.1. The number of rotatable bonds is 3. The molecule has 0 saturated carbocycles. The molecule has 3 rings (SSSR count). The molecule has 21 heavy (non-hydrogen) atoms. The predicted molar refractivity (Wildman–Crippen MR) is 78.4 cm³/mol. The fraction of sp³-hybridized carbons (Fsp3) is 0.0625. The molecule has 2 aromatic heterocycles. The van der Waals surface area contributed by atoms with Gasteiger partial charge in [-0.25, -0.2) is 0 Å². The van der Waals surface area contributed by atoms with Gasteiger partial charge < -0.3 is 9.73 Å². The molecule has 0 spiro atoms. The number of benzene rings is 1. The predicted octanol–water partition coefficient (Wildman–Crippen LogP) is 3.28. The van der Waals surface area contributed by atoms with Gasteiger partial charge in [0, 0.05) is 23.5 Å². The number of furan rings is 1. The second-order valence-corrected chi connectivity index (χ2v) is 4.59. The Morgan fingerprint density at radius 1 is 1.14 bits per heavy atom. The van der Waals surface area contributed by atoms with Crippen LogP contribution in [0.4, 0.5) is 5.69 Å². The molecule has 1 aromatic carbocycles. The molecule has 5 heteroatoms. The summed E-state index contributed by atoms with van der Waals surface area (Å²) >= 11 is 0. The molecule has 1 N–H and O–H groups in total. The number of nitrogens with one attached hydrogen (secondary N) is 1. The van der Waals surface area contributed by atoms with Crippen molar-refractivity contribution in [3.8, 4) is 0 Å². The Balaban J connectivity index is 1.85. The number of aromatic nitrogens is 1. The lowest BCUT2D eigenvalue weighted by Crippen LogP contribution is -2.11. The van der Waals surface area contributed by atoms with E-state index in [1.54, 1.807) is 48.7 Å². The number of nitrogens with zero attached hydrogens (tertiary/aromatic N) is 1. The fourth-order valence-corrected chi connectivity index (χ4v) is 1.99. The monoisotopic (exact) mass is 280 g/mol. The van der Waals surface area contributed by atoms with Crippen LogP contribution >= 0.6 is 0 Å². The number of fused-ring (bicyclic) bond motifs is 1. The van der Waals surface area contributed by atoms with Crippen molar-refractivity contribution in [3.63, 3.8) is 0 Å². The normalized spacial score (nSPS) is 10.5. The summed E-state index contributed by atoms with van der Waals surface area (Å²) in [6.45, 7) is 1.48. The van der Waals surface area contributed by atoms with Crippen LogP contribution in [0.2, 0.25) is 0 Å². The van der Waals surface area contributed by atoms with Crippen LogP contribution in [-0.4, -0.2) is 16.7 Å². The van der Waals surface area contributed by atoms with Gasteiger partial charge in [0.05, 0.1) is 0 Å². The van der Waals surface area contributed by atoms with Crippen molar-refractivity contribution in [2.24, 2.45) is 0 Å². The Bertz CT molecular complexity index is 803. The van der Waals surface area contributed by atoms with Gasteiger partial charge >= 0.3 is 0 Å². The first-order valence-corrected chi connectivity index (χ1v) is 6.40. The third-order valence-electron chi connectivity index (χ3n) is 3.04. The number of amides is 1. The molecule has 0 atom stereocenters. The number of Topliss-reactive ketones (excluding diaryl/α,β-unsaturated/α-hetero) is 1. The molecule has 104 valence electrons. The molecular weight excluding hydrogens is 268 g/mol. The summed E-state index contributed by atoms with van der Waals surface area (Å²) in [5.74, 6) is -0.260. The number of carbonyl (C=O) groups excluding carboxylic acids is 2. The molecule has 3 aromatic rings. The molecule has 5 nitrogen and oxygen atoms in total. The second kappa shape index (κ2) is 5.20. The summed E-state index contributed by atoms with van der Waals surface area (Å²) in [5.41, 5.74) is 2.26. The van der Waals surface area contributed by atoms with E-state index in [-0.39, 0.29) is 17.5 Å². The van der Waals surface area contributed by atoms with E-state index in [0.717, 1.165) is 0 Å². The van der Waals surface area contributed by atoms with Gasteiger partial charge in [-0.2, -0.15) is 0 Å². The Morgan fingerprint density at radius 2 is 2.00 bits per heavy atom. The van der Waals surface area contributed by atoms with Gasteiger partial charge in [0.15, 0.2) is 17.1 Å². The summed E-state index contributed by atoms with van der Waals surface area (Å²) in [7, 11) is 0. The molecule has 0 unspecified atom stereocenters. The summed E-state index contributed by atoms with van der Waals surface area (Å²) in [6.07, 6.45) is 1.63. The lowest BCUT2D eigenvalue weighted by atomic mass is 10.1. The quantitative estimate of drug-likeness (QED) is 0.747. The molecular formula is C16H12N2O3. The van der Waals surface area contributed by atoms with Crippen LogP contribution in [-0.2, 0) is 0 Å². The Morgan fingerprint density at radius 3 is 2.76 bits per heavy atom. The third kappa shape index (κ3) is 2.67. The standard InChI is InChI=1S/C16H12N2O3/c1-10(19)11-4-2-5-12(8-11)18-16(20)15-9-13-14(21-15)6-3-7-17-13/h2-9H,1H3,(H,18,20). The molecule has 0 aliphatic rings. The summed E-state index contributed by atoms with van der Waals surface area (Å²) in [5, 5.41) is 2.70. The zero-order valence-corrected chi connectivity index (χ0v) is 11.3. The topological polar surface area (TPSA) is 72.2 Å². The highest BCUT2D eigenvalue weighted by Crippen LogP contribution is 2.18. The smallest absolute Gasteiger partial charge is 0.291 e. The minimum Gasteiger partial charge on any atom is -0.449 e. The van der Waals surface area contributed by atoms with Crippen LogP contribution in [0.3, 0.4) is 0 Å². The van der Waals surface area contributed by atoms with Crippen LogP contribution in [0.1, 0.15) is 27.8 Å². The van der Waals surface area contributed by atoms with Crippen molar-refractivity contribution >= 4 is 28.5 Å². The molecule has 0 aliphatic heterocycles. The van der Waals surface area contributed by atoms with Crippen LogP contribution < -0.4 is 5.32 Å².